The molecule has 1 heterocycles. The highest BCUT2D eigenvalue weighted by Crippen LogP contribution is 2.31. The van der Waals surface area contributed by atoms with E-state index in [2.05, 4.69) is 21.2 Å². The van der Waals surface area contributed by atoms with Crippen molar-refractivity contribution in [3.63, 3.8) is 0 Å². The van der Waals surface area contributed by atoms with Crippen LogP contribution in [0.25, 0.3) is 0 Å². The lowest BCUT2D eigenvalue weighted by Crippen LogP contribution is -2.33. The van der Waals surface area contributed by atoms with Crippen molar-refractivity contribution in [2.75, 3.05) is 16.8 Å². The number of rotatable bonds is 3. The summed E-state index contributed by atoms with van der Waals surface area (Å²) in [5.41, 5.74) is 4.90. The summed E-state index contributed by atoms with van der Waals surface area (Å²) < 4.78 is 0.920. The van der Waals surface area contributed by atoms with Crippen LogP contribution in [0.1, 0.15) is 23.1 Å². The predicted octanol–water partition coefficient (Wildman–Crippen LogP) is 4.37. The van der Waals surface area contributed by atoms with Crippen molar-refractivity contribution in [3.8, 4) is 0 Å². The first-order chi connectivity index (χ1) is 11.9. The molecule has 0 aliphatic carbocycles. The van der Waals surface area contributed by atoms with Crippen LogP contribution in [0.2, 0.25) is 0 Å². The molecule has 5 heteroatoms. The second-order valence-electron chi connectivity index (χ2n) is 6.55. The van der Waals surface area contributed by atoms with Gasteiger partial charge in [-0.2, -0.15) is 0 Å². The zero-order chi connectivity index (χ0) is 18.1. The summed E-state index contributed by atoms with van der Waals surface area (Å²) in [6.45, 7) is 6.56. The number of nitrogens with one attached hydrogen (secondary N) is 1. The Morgan fingerprint density at radius 1 is 1.08 bits per heavy atom. The largest absolute Gasteiger partial charge is 0.325 e. The highest BCUT2D eigenvalue weighted by molar-refractivity contribution is 9.10. The maximum absolute atomic E-state index is 12.8. The van der Waals surface area contributed by atoms with Gasteiger partial charge in [0.05, 0.1) is 0 Å². The van der Waals surface area contributed by atoms with Gasteiger partial charge in [0.15, 0.2) is 0 Å². The van der Waals surface area contributed by atoms with E-state index in [9.17, 15) is 9.59 Å². The molecule has 0 radical (unpaired) electrons. The van der Waals surface area contributed by atoms with Crippen LogP contribution in [0.4, 0.5) is 11.4 Å². The van der Waals surface area contributed by atoms with E-state index in [1.165, 1.54) is 5.56 Å². The normalized spacial score (nSPS) is 17.0. The quantitative estimate of drug-likeness (QED) is 0.777. The van der Waals surface area contributed by atoms with Gasteiger partial charge in [-0.1, -0.05) is 28.1 Å². The lowest BCUT2D eigenvalue weighted by atomic mass is 10.1. The molecule has 1 aliphatic heterocycles. The molecule has 25 heavy (non-hydrogen) atoms. The molecule has 130 valence electrons. The Hall–Kier alpha value is -2.14. The number of carbonyl (C=O) groups excluding carboxylic acids is 2. The Kier molecular flexibility index (Phi) is 4.95. The number of halogens is 1. The van der Waals surface area contributed by atoms with E-state index in [1.807, 2.05) is 57.2 Å². The fourth-order valence-electron chi connectivity index (χ4n) is 3.08. The predicted molar refractivity (Wildman–Crippen MR) is 104 cm³/mol. The number of benzene rings is 2. The number of carbonyl (C=O) groups is 2. The molecule has 0 saturated carbocycles. The van der Waals surface area contributed by atoms with Gasteiger partial charge in [0.2, 0.25) is 11.8 Å². The van der Waals surface area contributed by atoms with Crippen LogP contribution in [-0.2, 0) is 9.59 Å². The molecule has 1 fully saturated rings. The Morgan fingerprint density at radius 3 is 2.52 bits per heavy atom. The second-order valence-corrected chi connectivity index (χ2v) is 7.47. The van der Waals surface area contributed by atoms with Gasteiger partial charge in [-0.05, 0) is 68.1 Å². The van der Waals surface area contributed by atoms with Gasteiger partial charge in [0, 0.05) is 22.4 Å². The maximum Gasteiger partial charge on any atom is 0.239 e. The van der Waals surface area contributed by atoms with Crippen molar-refractivity contribution in [2.24, 2.45) is 5.92 Å². The molecule has 1 saturated heterocycles. The van der Waals surface area contributed by atoms with Gasteiger partial charge in [-0.25, -0.2) is 0 Å². The minimum atomic E-state index is -0.639. The zero-order valence-electron chi connectivity index (χ0n) is 14.6. The maximum atomic E-state index is 12.8. The van der Waals surface area contributed by atoms with Crippen molar-refractivity contribution in [1.82, 2.24) is 0 Å². The van der Waals surface area contributed by atoms with Crippen molar-refractivity contribution < 1.29 is 9.59 Å². The van der Waals surface area contributed by atoms with E-state index in [1.54, 1.807) is 4.90 Å². The molecule has 2 aromatic rings. The van der Waals surface area contributed by atoms with Crippen LogP contribution in [0.5, 0.6) is 0 Å². The fourth-order valence-corrected chi connectivity index (χ4v) is 3.43. The Labute approximate surface area is 156 Å². The first kappa shape index (κ1) is 17.7. The van der Waals surface area contributed by atoms with Gasteiger partial charge in [-0.3, -0.25) is 9.59 Å². The van der Waals surface area contributed by atoms with E-state index in [0.717, 1.165) is 27.0 Å². The molecule has 0 aromatic heterocycles. The van der Waals surface area contributed by atoms with Crippen molar-refractivity contribution in [3.05, 3.63) is 57.6 Å². The molecular formula is C20H21BrN2O2. The fraction of sp³-hybridized carbons (Fsp3) is 0.300. The lowest BCUT2D eigenvalue weighted by molar-refractivity contribution is -0.129. The summed E-state index contributed by atoms with van der Waals surface area (Å²) in [6, 6.07) is 11.6. The summed E-state index contributed by atoms with van der Waals surface area (Å²) in [4.78, 5) is 27.1. The van der Waals surface area contributed by atoms with E-state index in [0.29, 0.717) is 13.0 Å². The average molecular weight is 401 g/mol. The van der Waals surface area contributed by atoms with E-state index < -0.39 is 5.92 Å². The van der Waals surface area contributed by atoms with Crippen LogP contribution >= 0.6 is 15.9 Å². The molecule has 0 bridgehead atoms. The summed E-state index contributed by atoms with van der Waals surface area (Å²) in [6.07, 6.45) is 0.529. The van der Waals surface area contributed by atoms with Gasteiger partial charge in [-0.15, -0.1) is 0 Å². The first-order valence-electron chi connectivity index (χ1n) is 8.32. The average Bonchev–Trinajstić information content (AvgIpc) is 2.95. The van der Waals surface area contributed by atoms with Gasteiger partial charge < -0.3 is 10.2 Å². The molecule has 1 unspecified atom stereocenters. The van der Waals surface area contributed by atoms with Crippen molar-refractivity contribution in [2.45, 2.75) is 27.2 Å². The molecule has 2 aromatic carbocycles. The molecule has 2 amide bonds. The first-order valence-corrected chi connectivity index (χ1v) is 9.12. The van der Waals surface area contributed by atoms with Crippen LogP contribution in [0.15, 0.2) is 40.9 Å². The van der Waals surface area contributed by atoms with E-state index in [4.69, 9.17) is 0 Å². The number of hydrogen-bond acceptors (Lipinski definition) is 2. The number of aryl methyl sites for hydroxylation is 3. The highest BCUT2D eigenvalue weighted by Gasteiger charge is 2.38. The van der Waals surface area contributed by atoms with Gasteiger partial charge in [0.25, 0.3) is 0 Å². The standard InChI is InChI=1S/C20H21BrN2O2/c1-12-5-7-16(10-14(12)3)22-19(24)17-8-9-23(20(17)25)18-11-15(21)6-4-13(18)2/h4-7,10-11,17H,8-9H2,1-3H3,(H,22,24). The number of amides is 2. The topological polar surface area (TPSA) is 49.4 Å². The third-order valence-corrected chi connectivity index (χ3v) is 5.25. The monoisotopic (exact) mass is 400 g/mol. The molecule has 0 spiro atoms. The third kappa shape index (κ3) is 3.61. The summed E-state index contributed by atoms with van der Waals surface area (Å²) in [5.74, 6) is -1.01. The summed E-state index contributed by atoms with van der Waals surface area (Å²) in [7, 11) is 0. The molecule has 1 aliphatic rings. The SMILES string of the molecule is Cc1ccc(NC(=O)C2CCN(c3cc(Br)ccc3C)C2=O)cc1C. The van der Waals surface area contributed by atoms with Crippen LogP contribution in [0, 0.1) is 26.7 Å². The molecule has 4 nitrogen and oxygen atoms in total. The smallest absolute Gasteiger partial charge is 0.239 e. The van der Waals surface area contributed by atoms with Crippen LogP contribution in [-0.4, -0.2) is 18.4 Å². The lowest BCUT2D eigenvalue weighted by Gasteiger charge is -2.19. The van der Waals surface area contributed by atoms with Crippen LogP contribution in [0.3, 0.4) is 0 Å². The number of nitrogens with zero attached hydrogens (tertiary/aromatic N) is 1. The van der Waals surface area contributed by atoms with Crippen molar-refractivity contribution >= 4 is 39.1 Å². The Morgan fingerprint density at radius 2 is 1.80 bits per heavy atom. The van der Waals surface area contributed by atoms with Gasteiger partial charge >= 0.3 is 0 Å². The van der Waals surface area contributed by atoms with Crippen molar-refractivity contribution in [1.29, 1.82) is 0 Å². The number of anilines is 2. The third-order valence-electron chi connectivity index (χ3n) is 4.76. The minimum absolute atomic E-state index is 0.137. The van der Waals surface area contributed by atoms with E-state index in [-0.39, 0.29) is 11.8 Å². The molecule has 1 atom stereocenters. The molecule has 1 N–H and O–H groups in total. The minimum Gasteiger partial charge on any atom is -0.325 e. The zero-order valence-corrected chi connectivity index (χ0v) is 16.2. The summed E-state index contributed by atoms with van der Waals surface area (Å²) in [5, 5.41) is 2.88. The Bertz CT molecular complexity index is 848. The molecule has 3 rings (SSSR count). The van der Waals surface area contributed by atoms with Gasteiger partial charge in [0.1, 0.15) is 5.92 Å². The highest BCUT2D eigenvalue weighted by atomic mass is 79.9. The van der Waals surface area contributed by atoms with E-state index >= 15 is 0 Å². The number of hydrogen-bond donors (Lipinski definition) is 1. The second kappa shape index (κ2) is 7.00. The summed E-state index contributed by atoms with van der Waals surface area (Å²) >= 11 is 3.45. The van der Waals surface area contributed by atoms with Crippen LogP contribution < -0.4 is 10.2 Å². The molecular weight excluding hydrogens is 380 g/mol. The Balaban J connectivity index is 1.76.